The van der Waals surface area contributed by atoms with Crippen molar-refractivity contribution in [3.05, 3.63) is 35.4 Å². The molecule has 21 heavy (non-hydrogen) atoms. The largest absolute Gasteiger partial charge is 0.319 e. The van der Waals surface area contributed by atoms with Crippen LogP contribution in [-0.2, 0) is 0 Å². The molecular weight excluding hydrogens is 256 g/mol. The van der Waals surface area contributed by atoms with E-state index in [9.17, 15) is 0 Å². The number of piperidine rings is 1. The average molecular weight is 286 g/mol. The number of benzene rings is 1. The Morgan fingerprint density at radius 1 is 1.19 bits per heavy atom. The normalized spacial score (nSPS) is 27.2. The van der Waals surface area contributed by atoms with Crippen LogP contribution in [-0.4, -0.2) is 31.1 Å². The predicted molar refractivity (Wildman–Crippen MR) is 89.7 cm³/mol. The quantitative estimate of drug-likeness (QED) is 0.882. The molecule has 1 saturated carbocycles. The summed E-state index contributed by atoms with van der Waals surface area (Å²) in [6, 6.07) is 10.7. The van der Waals surface area contributed by atoms with E-state index >= 15 is 0 Å². The molecule has 0 aromatic heterocycles. The molecule has 2 fully saturated rings. The van der Waals surface area contributed by atoms with Crippen molar-refractivity contribution in [3.8, 4) is 0 Å². The second-order valence-electron chi connectivity index (χ2n) is 7.18. The van der Waals surface area contributed by atoms with Gasteiger partial charge in [-0.15, -0.1) is 0 Å². The summed E-state index contributed by atoms with van der Waals surface area (Å²) in [6.45, 7) is 7.07. The minimum atomic E-state index is 0.588. The first kappa shape index (κ1) is 15.1. The van der Waals surface area contributed by atoms with Crippen molar-refractivity contribution >= 4 is 0 Å². The van der Waals surface area contributed by atoms with E-state index in [0.29, 0.717) is 12.1 Å². The third-order valence-corrected chi connectivity index (χ3v) is 5.23. The zero-order chi connectivity index (χ0) is 14.8. The fourth-order valence-electron chi connectivity index (χ4n) is 4.04. The fraction of sp³-hybridized carbons (Fsp3) is 0.684. The van der Waals surface area contributed by atoms with Gasteiger partial charge in [0.2, 0.25) is 0 Å². The third-order valence-electron chi connectivity index (χ3n) is 5.23. The van der Waals surface area contributed by atoms with Crippen LogP contribution in [0.1, 0.15) is 62.6 Å². The van der Waals surface area contributed by atoms with Crippen molar-refractivity contribution in [3.63, 3.8) is 0 Å². The maximum Gasteiger partial charge on any atom is 0.0391 e. The molecule has 3 rings (SSSR count). The summed E-state index contributed by atoms with van der Waals surface area (Å²) in [4.78, 5) is 2.72. The Morgan fingerprint density at radius 2 is 1.95 bits per heavy atom. The van der Waals surface area contributed by atoms with Gasteiger partial charge in [0.25, 0.3) is 0 Å². The summed E-state index contributed by atoms with van der Waals surface area (Å²) in [7, 11) is 2.09. The molecule has 1 aliphatic heterocycles. The first-order chi connectivity index (χ1) is 10.2. The van der Waals surface area contributed by atoms with Crippen LogP contribution in [0.2, 0.25) is 0 Å². The smallest absolute Gasteiger partial charge is 0.0391 e. The molecular formula is C19H30N2. The van der Waals surface area contributed by atoms with E-state index in [0.717, 1.165) is 18.4 Å². The predicted octanol–water partition coefficient (Wildman–Crippen LogP) is 3.94. The van der Waals surface area contributed by atoms with Crippen LogP contribution in [0.25, 0.3) is 0 Å². The maximum absolute atomic E-state index is 3.42. The molecule has 2 nitrogen and oxygen atoms in total. The number of hydrogen-bond acceptors (Lipinski definition) is 2. The Morgan fingerprint density at radius 3 is 2.62 bits per heavy atom. The molecule has 1 heterocycles. The minimum Gasteiger partial charge on any atom is -0.319 e. The van der Waals surface area contributed by atoms with E-state index in [1.165, 1.54) is 32.2 Å². The van der Waals surface area contributed by atoms with Crippen molar-refractivity contribution in [1.29, 1.82) is 0 Å². The van der Waals surface area contributed by atoms with Crippen molar-refractivity contribution in [2.45, 2.75) is 57.5 Å². The van der Waals surface area contributed by atoms with Gasteiger partial charge in [0.15, 0.2) is 0 Å². The summed E-state index contributed by atoms with van der Waals surface area (Å²) in [5.41, 5.74) is 3.12. The monoisotopic (exact) mass is 286 g/mol. The Labute approximate surface area is 129 Å². The lowest BCUT2D eigenvalue weighted by molar-refractivity contribution is 0.0635. The molecule has 2 heteroatoms. The summed E-state index contributed by atoms with van der Waals surface area (Å²) in [6.07, 6.45) is 5.47. The van der Waals surface area contributed by atoms with Crippen molar-refractivity contribution in [1.82, 2.24) is 10.2 Å². The Bertz CT molecular complexity index is 462. The van der Waals surface area contributed by atoms with E-state index in [4.69, 9.17) is 0 Å². The summed E-state index contributed by atoms with van der Waals surface area (Å²) >= 11 is 0. The first-order valence-corrected chi connectivity index (χ1v) is 8.71. The van der Waals surface area contributed by atoms with Gasteiger partial charge in [-0.05, 0) is 82.6 Å². The molecule has 0 spiro atoms. The standard InChI is InChI=1S/C19H30N2/c1-14(2)21-11-5-8-18(13-20-3)19(21)17-7-4-6-16(12-17)15-9-10-15/h4,6-7,12,14-15,18-20H,5,8-11,13H2,1-3H3. The highest BCUT2D eigenvalue weighted by Crippen LogP contribution is 2.43. The number of likely N-dealkylation sites (tertiary alicyclic amines) is 1. The molecule has 116 valence electrons. The number of hydrogen-bond donors (Lipinski definition) is 1. The Kier molecular flexibility index (Phi) is 4.66. The van der Waals surface area contributed by atoms with Gasteiger partial charge in [-0.1, -0.05) is 24.3 Å². The van der Waals surface area contributed by atoms with Crippen molar-refractivity contribution in [2.75, 3.05) is 20.1 Å². The zero-order valence-electron chi connectivity index (χ0n) is 13.8. The van der Waals surface area contributed by atoms with Crippen LogP contribution in [0.5, 0.6) is 0 Å². The van der Waals surface area contributed by atoms with Gasteiger partial charge in [0.05, 0.1) is 0 Å². The molecule has 2 unspecified atom stereocenters. The molecule has 2 atom stereocenters. The summed E-state index contributed by atoms with van der Waals surface area (Å²) < 4.78 is 0. The number of nitrogens with one attached hydrogen (secondary N) is 1. The summed E-state index contributed by atoms with van der Waals surface area (Å²) in [5.74, 6) is 1.59. The minimum absolute atomic E-state index is 0.588. The molecule has 1 N–H and O–H groups in total. The third kappa shape index (κ3) is 3.32. The summed E-state index contributed by atoms with van der Waals surface area (Å²) in [5, 5.41) is 3.42. The van der Waals surface area contributed by atoms with E-state index < -0.39 is 0 Å². The molecule has 1 aromatic rings. The second kappa shape index (κ2) is 6.50. The Balaban J connectivity index is 1.90. The molecule has 0 amide bonds. The van der Waals surface area contributed by atoms with Gasteiger partial charge < -0.3 is 5.32 Å². The molecule has 0 radical (unpaired) electrons. The first-order valence-electron chi connectivity index (χ1n) is 8.71. The van der Waals surface area contributed by atoms with Gasteiger partial charge in [0.1, 0.15) is 0 Å². The molecule has 1 aliphatic carbocycles. The fourth-order valence-corrected chi connectivity index (χ4v) is 4.04. The van der Waals surface area contributed by atoms with Gasteiger partial charge >= 0.3 is 0 Å². The molecule has 1 saturated heterocycles. The van der Waals surface area contributed by atoms with Crippen LogP contribution in [0, 0.1) is 5.92 Å². The highest BCUT2D eigenvalue weighted by Gasteiger charge is 2.34. The van der Waals surface area contributed by atoms with Crippen LogP contribution in [0.4, 0.5) is 0 Å². The van der Waals surface area contributed by atoms with Gasteiger partial charge in [-0.3, -0.25) is 4.90 Å². The van der Waals surface area contributed by atoms with Crippen LogP contribution in [0.15, 0.2) is 24.3 Å². The van der Waals surface area contributed by atoms with E-state index in [2.05, 4.69) is 55.4 Å². The lowest BCUT2D eigenvalue weighted by Gasteiger charge is -2.44. The van der Waals surface area contributed by atoms with Crippen molar-refractivity contribution < 1.29 is 0 Å². The lowest BCUT2D eigenvalue weighted by Crippen LogP contribution is -2.45. The van der Waals surface area contributed by atoms with Crippen LogP contribution >= 0.6 is 0 Å². The lowest BCUT2D eigenvalue weighted by atomic mass is 9.83. The molecule has 0 bridgehead atoms. The SMILES string of the molecule is CNCC1CCCN(C(C)C)C1c1cccc(C2CC2)c1. The van der Waals surface area contributed by atoms with Gasteiger partial charge in [-0.2, -0.15) is 0 Å². The van der Waals surface area contributed by atoms with Crippen LogP contribution in [0.3, 0.4) is 0 Å². The zero-order valence-corrected chi connectivity index (χ0v) is 13.8. The van der Waals surface area contributed by atoms with E-state index in [1.807, 2.05) is 0 Å². The topological polar surface area (TPSA) is 15.3 Å². The van der Waals surface area contributed by atoms with E-state index in [-0.39, 0.29) is 0 Å². The number of rotatable bonds is 5. The average Bonchev–Trinajstić information content (AvgIpc) is 3.32. The van der Waals surface area contributed by atoms with Gasteiger partial charge in [-0.25, -0.2) is 0 Å². The molecule has 2 aliphatic rings. The number of nitrogens with zero attached hydrogens (tertiary/aromatic N) is 1. The van der Waals surface area contributed by atoms with E-state index in [1.54, 1.807) is 11.1 Å². The van der Waals surface area contributed by atoms with Gasteiger partial charge in [0, 0.05) is 12.1 Å². The molecule has 1 aromatic carbocycles. The highest BCUT2D eigenvalue weighted by molar-refractivity contribution is 5.31. The maximum atomic E-state index is 3.42. The second-order valence-corrected chi connectivity index (χ2v) is 7.18. The van der Waals surface area contributed by atoms with Crippen LogP contribution < -0.4 is 5.32 Å². The highest BCUT2D eigenvalue weighted by atomic mass is 15.2. The van der Waals surface area contributed by atoms with Crippen molar-refractivity contribution in [2.24, 2.45) is 5.92 Å². The Hall–Kier alpha value is -0.860.